The lowest BCUT2D eigenvalue weighted by Gasteiger charge is -2.11. The molecule has 0 amide bonds. The van der Waals surface area contributed by atoms with Crippen LogP contribution < -0.4 is 4.74 Å². The average Bonchev–Trinajstić information content (AvgIpc) is 3.64. The third-order valence-electron chi connectivity index (χ3n) is 9.60. The molecule has 246 valence electrons. The third-order valence-corrected chi connectivity index (χ3v) is 9.60. The molecule has 0 saturated carbocycles. The summed E-state index contributed by atoms with van der Waals surface area (Å²) in [5.41, 5.74) is 11.3. The van der Waals surface area contributed by atoms with Crippen molar-refractivity contribution >= 4 is 21.8 Å². The van der Waals surface area contributed by atoms with Crippen molar-refractivity contribution in [2.24, 2.45) is 0 Å². The molecule has 0 N–H and O–H groups in total. The summed E-state index contributed by atoms with van der Waals surface area (Å²) >= 11 is 0. The molecule has 0 aliphatic carbocycles. The maximum absolute atomic E-state index is 6.60. The predicted molar refractivity (Wildman–Crippen MR) is 206 cm³/mol. The van der Waals surface area contributed by atoms with Gasteiger partial charge in [-0.1, -0.05) is 92.6 Å². The molecule has 0 radical (unpaired) electrons. The standard InChI is InChI=1S/C45H40N4O/c1-4-5-8-14-33-25-26-46-44(27-33)48-42-24-21-36(34-15-9-6-10-16-34)28-41(42)40-23-22-39(30-43(40)48)50-38-20-13-19-37(29-38)49-32(3)45(31(2)47-49)35-17-11-7-12-18-35/h6-7,9-13,15-30H,4-5,8,14H2,1-3H3. The van der Waals surface area contributed by atoms with Crippen LogP contribution in [0, 0.1) is 13.8 Å². The predicted octanol–water partition coefficient (Wildman–Crippen LogP) is 11.8. The van der Waals surface area contributed by atoms with Crippen molar-refractivity contribution in [1.82, 2.24) is 19.3 Å². The Morgan fingerprint density at radius 2 is 1.40 bits per heavy atom. The number of fused-ring (bicyclic) bond motifs is 3. The van der Waals surface area contributed by atoms with Crippen molar-refractivity contribution in [2.45, 2.75) is 46.5 Å². The van der Waals surface area contributed by atoms with Gasteiger partial charge in [0.25, 0.3) is 0 Å². The van der Waals surface area contributed by atoms with Crippen molar-refractivity contribution in [3.8, 4) is 45.3 Å². The Labute approximate surface area is 293 Å². The van der Waals surface area contributed by atoms with Crippen molar-refractivity contribution in [2.75, 3.05) is 0 Å². The van der Waals surface area contributed by atoms with Gasteiger partial charge in [0, 0.05) is 40.4 Å². The van der Waals surface area contributed by atoms with Crippen LogP contribution in [0.2, 0.25) is 0 Å². The van der Waals surface area contributed by atoms with E-state index in [9.17, 15) is 0 Å². The number of aryl methyl sites for hydroxylation is 2. The molecule has 3 aromatic heterocycles. The monoisotopic (exact) mass is 652 g/mol. The molecule has 0 spiro atoms. The van der Waals surface area contributed by atoms with Gasteiger partial charge >= 0.3 is 0 Å². The fourth-order valence-electron chi connectivity index (χ4n) is 7.17. The molecule has 50 heavy (non-hydrogen) atoms. The highest BCUT2D eigenvalue weighted by molar-refractivity contribution is 6.10. The number of nitrogens with zero attached hydrogens (tertiary/aromatic N) is 4. The summed E-state index contributed by atoms with van der Waals surface area (Å²) in [6.45, 7) is 6.44. The number of hydrogen-bond acceptors (Lipinski definition) is 3. The molecule has 0 unspecified atom stereocenters. The third kappa shape index (κ3) is 5.96. The summed E-state index contributed by atoms with van der Waals surface area (Å²) < 4.78 is 10.9. The SMILES string of the molecule is CCCCCc1ccnc(-n2c3ccc(-c4ccccc4)cc3c3ccc(Oc4cccc(-n5nc(C)c(-c6ccccc6)c5C)c4)cc32)c1. The Morgan fingerprint density at radius 3 is 2.20 bits per heavy atom. The average molecular weight is 653 g/mol. The smallest absolute Gasteiger partial charge is 0.137 e. The van der Waals surface area contributed by atoms with Crippen molar-refractivity contribution in [1.29, 1.82) is 0 Å². The molecule has 0 atom stereocenters. The van der Waals surface area contributed by atoms with Gasteiger partial charge < -0.3 is 4.74 Å². The molecule has 0 aliphatic rings. The van der Waals surface area contributed by atoms with Gasteiger partial charge in [0.15, 0.2) is 0 Å². The Morgan fingerprint density at radius 1 is 0.620 bits per heavy atom. The van der Waals surface area contributed by atoms with Gasteiger partial charge in [-0.25, -0.2) is 9.67 Å². The van der Waals surface area contributed by atoms with E-state index >= 15 is 0 Å². The number of pyridine rings is 1. The number of unbranched alkanes of at least 4 members (excludes halogenated alkanes) is 2. The van der Waals surface area contributed by atoms with E-state index in [1.807, 2.05) is 29.1 Å². The summed E-state index contributed by atoms with van der Waals surface area (Å²) in [6.07, 6.45) is 6.60. The highest BCUT2D eigenvalue weighted by atomic mass is 16.5. The Bertz CT molecular complexity index is 2440. The van der Waals surface area contributed by atoms with E-state index in [1.165, 1.54) is 46.9 Å². The summed E-state index contributed by atoms with van der Waals surface area (Å²) in [5, 5.41) is 7.27. The molecule has 8 rings (SSSR count). The van der Waals surface area contributed by atoms with E-state index in [2.05, 4.69) is 141 Å². The molecule has 5 heteroatoms. The molecule has 5 aromatic carbocycles. The molecular weight excluding hydrogens is 613 g/mol. The number of ether oxygens (including phenoxy) is 1. The van der Waals surface area contributed by atoms with Crippen LogP contribution in [-0.2, 0) is 6.42 Å². The van der Waals surface area contributed by atoms with Crippen LogP contribution in [0.4, 0.5) is 0 Å². The summed E-state index contributed by atoms with van der Waals surface area (Å²) in [7, 11) is 0. The summed E-state index contributed by atoms with van der Waals surface area (Å²) in [4.78, 5) is 4.90. The van der Waals surface area contributed by atoms with Crippen LogP contribution in [0.3, 0.4) is 0 Å². The first kappa shape index (κ1) is 31.3. The molecule has 0 fully saturated rings. The van der Waals surface area contributed by atoms with Gasteiger partial charge in [0.05, 0.1) is 22.4 Å². The minimum absolute atomic E-state index is 0.751. The van der Waals surface area contributed by atoms with Crippen LogP contribution >= 0.6 is 0 Å². The second kappa shape index (κ2) is 13.5. The highest BCUT2D eigenvalue weighted by Gasteiger charge is 2.17. The molecule has 0 bridgehead atoms. The molecule has 5 nitrogen and oxygen atoms in total. The van der Waals surface area contributed by atoms with Crippen molar-refractivity contribution < 1.29 is 4.74 Å². The Balaban J connectivity index is 1.20. The first-order valence-electron chi connectivity index (χ1n) is 17.6. The fraction of sp³-hybridized carbons (Fsp3) is 0.156. The summed E-state index contributed by atoms with van der Waals surface area (Å²) in [6, 6.07) is 46.7. The first-order valence-corrected chi connectivity index (χ1v) is 17.6. The second-order valence-electron chi connectivity index (χ2n) is 13.0. The highest BCUT2D eigenvalue weighted by Crippen LogP contribution is 2.38. The van der Waals surface area contributed by atoms with E-state index in [-0.39, 0.29) is 0 Å². The van der Waals surface area contributed by atoms with E-state index in [1.54, 1.807) is 0 Å². The molecule has 0 saturated heterocycles. The van der Waals surface area contributed by atoms with Gasteiger partial charge in [-0.05, 0) is 97.5 Å². The van der Waals surface area contributed by atoms with E-state index in [4.69, 9.17) is 14.8 Å². The minimum atomic E-state index is 0.751. The van der Waals surface area contributed by atoms with Gasteiger partial charge in [-0.2, -0.15) is 5.10 Å². The lowest BCUT2D eigenvalue weighted by molar-refractivity contribution is 0.482. The molecule has 3 heterocycles. The minimum Gasteiger partial charge on any atom is -0.457 e. The van der Waals surface area contributed by atoms with Crippen LogP contribution in [0.15, 0.2) is 140 Å². The Hall–Kier alpha value is -5.94. The zero-order valence-electron chi connectivity index (χ0n) is 28.8. The van der Waals surface area contributed by atoms with Crippen LogP contribution in [0.5, 0.6) is 11.5 Å². The van der Waals surface area contributed by atoms with Crippen LogP contribution in [-0.4, -0.2) is 19.3 Å². The Kier molecular flexibility index (Phi) is 8.47. The summed E-state index contributed by atoms with van der Waals surface area (Å²) in [5.74, 6) is 2.43. The molecule has 0 aliphatic heterocycles. The zero-order valence-corrected chi connectivity index (χ0v) is 28.8. The largest absolute Gasteiger partial charge is 0.457 e. The van der Waals surface area contributed by atoms with Gasteiger partial charge in [-0.3, -0.25) is 4.57 Å². The topological polar surface area (TPSA) is 44.9 Å². The normalized spacial score (nSPS) is 11.4. The maximum atomic E-state index is 6.60. The molecular formula is C45H40N4O. The van der Waals surface area contributed by atoms with E-state index in [0.717, 1.165) is 62.8 Å². The van der Waals surface area contributed by atoms with Gasteiger partial charge in [0.1, 0.15) is 17.3 Å². The van der Waals surface area contributed by atoms with Crippen molar-refractivity contribution in [3.05, 3.63) is 157 Å². The number of benzene rings is 5. The second-order valence-corrected chi connectivity index (χ2v) is 13.0. The number of rotatable bonds is 10. The quantitative estimate of drug-likeness (QED) is 0.138. The van der Waals surface area contributed by atoms with Gasteiger partial charge in [-0.15, -0.1) is 0 Å². The van der Waals surface area contributed by atoms with Gasteiger partial charge in [0.2, 0.25) is 0 Å². The van der Waals surface area contributed by atoms with Crippen LogP contribution in [0.1, 0.15) is 43.1 Å². The maximum Gasteiger partial charge on any atom is 0.137 e. The fourth-order valence-corrected chi connectivity index (χ4v) is 7.17. The zero-order chi connectivity index (χ0) is 34.0. The van der Waals surface area contributed by atoms with E-state index in [0.29, 0.717) is 0 Å². The number of hydrogen-bond donors (Lipinski definition) is 0. The number of aromatic nitrogens is 4. The molecule has 8 aromatic rings. The van der Waals surface area contributed by atoms with Crippen LogP contribution in [0.25, 0.3) is 55.6 Å². The van der Waals surface area contributed by atoms with E-state index < -0.39 is 0 Å². The lowest BCUT2D eigenvalue weighted by atomic mass is 10.0. The first-order chi connectivity index (χ1) is 24.6. The lowest BCUT2D eigenvalue weighted by Crippen LogP contribution is -2.00. The van der Waals surface area contributed by atoms with Crippen molar-refractivity contribution in [3.63, 3.8) is 0 Å².